The molecule has 0 bridgehead atoms. The number of carbonyl (C=O) groups is 1. The summed E-state index contributed by atoms with van der Waals surface area (Å²) < 4.78 is 0. The Bertz CT molecular complexity index is 193. The van der Waals surface area contributed by atoms with Crippen LogP contribution in [-0.2, 0) is 4.79 Å². The maximum Gasteiger partial charge on any atom is 0.222 e. The Morgan fingerprint density at radius 3 is 2.92 bits per heavy atom. The largest absolute Gasteiger partial charge is 0.338 e. The molecule has 0 radical (unpaired) electrons. The van der Waals surface area contributed by atoms with E-state index in [9.17, 15) is 4.79 Å². The van der Waals surface area contributed by atoms with Crippen molar-refractivity contribution in [3.63, 3.8) is 0 Å². The summed E-state index contributed by atoms with van der Waals surface area (Å²) in [5.74, 6) is 0.321. The Balaban J connectivity index is 2.11. The highest BCUT2D eigenvalue weighted by molar-refractivity contribution is 5.77. The highest BCUT2D eigenvalue weighted by atomic mass is 16.2. The molecule has 3 heteroatoms. The van der Waals surface area contributed by atoms with E-state index in [-0.39, 0.29) is 6.04 Å². The van der Waals surface area contributed by atoms with Crippen molar-refractivity contribution in [2.24, 2.45) is 5.73 Å². The number of amides is 1. The third-order valence-electron chi connectivity index (χ3n) is 3.06. The van der Waals surface area contributed by atoms with E-state index in [1.807, 2.05) is 4.90 Å². The molecule has 2 aliphatic rings. The van der Waals surface area contributed by atoms with Crippen LogP contribution in [0.15, 0.2) is 0 Å². The van der Waals surface area contributed by atoms with Crippen LogP contribution in [0.5, 0.6) is 0 Å². The molecule has 3 nitrogen and oxygen atoms in total. The fourth-order valence-corrected chi connectivity index (χ4v) is 2.34. The molecule has 0 unspecified atom stereocenters. The van der Waals surface area contributed by atoms with Gasteiger partial charge in [-0.2, -0.15) is 0 Å². The number of carbonyl (C=O) groups excluding carboxylic acids is 1. The molecule has 0 aliphatic carbocycles. The van der Waals surface area contributed by atoms with Crippen molar-refractivity contribution in [3.05, 3.63) is 0 Å². The van der Waals surface area contributed by atoms with Gasteiger partial charge in [0.2, 0.25) is 5.91 Å². The molecule has 2 saturated heterocycles. The smallest absolute Gasteiger partial charge is 0.222 e. The maximum atomic E-state index is 11.4. The molecular formula is C9H16N2O. The minimum Gasteiger partial charge on any atom is -0.338 e. The molecule has 1 amide bonds. The average Bonchev–Trinajstić information content (AvgIpc) is 2.12. The highest BCUT2D eigenvalue weighted by Crippen LogP contribution is 2.25. The van der Waals surface area contributed by atoms with Gasteiger partial charge < -0.3 is 10.6 Å². The van der Waals surface area contributed by atoms with Gasteiger partial charge in [0, 0.05) is 25.0 Å². The predicted octanol–water partition coefficient (Wildman–Crippen LogP) is 0.489. The summed E-state index contributed by atoms with van der Waals surface area (Å²) in [5, 5.41) is 0. The standard InChI is InChI=1S/C9H16N2O/c10-7-4-5-9(12)11-6-2-1-3-8(7)11/h7-8H,1-6,10H2/t7-,8+/m1/s1. The summed E-state index contributed by atoms with van der Waals surface area (Å²) in [6, 6.07) is 0.600. The Kier molecular flexibility index (Phi) is 2.05. The van der Waals surface area contributed by atoms with Gasteiger partial charge >= 0.3 is 0 Å². The molecule has 68 valence electrons. The number of nitrogens with zero attached hydrogens (tertiary/aromatic N) is 1. The number of rotatable bonds is 0. The van der Waals surface area contributed by atoms with E-state index in [1.54, 1.807) is 0 Å². The zero-order valence-corrected chi connectivity index (χ0v) is 7.33. The second-order valence-corrected chi connectivity index (χ2v) is 3.85. The van der Waals surface area contributed by atoms with Crippen molar-refractivity contribution in [3.8, 4) is 0 Å². The quantitative estimate of drug-likeness (QED) is 0.572. The molecule has 2 rings (SSSR count). The van der Waals surface area contributed by atoms with E-state index in [1.165, 1.54) is 6.42 Å². The normalized spacial score (nSPS) is 36.4. The van der Waals surface area contributed by atoms with Crippen molar-refractivity contribution in [1.29, 1.82) is 0 Å². The van der Waals surface area contributed by atoms with Gasteiger partial charge in [-0.1, -0.05) is 0 Å². The maximum absolute atomic E-state index is 11.4. The molecule has 2 atom stereocenters. The highest BCUT2D eigenvalue weighted by Gasteiger charge is 2.34. The first-order chi connectivity index (χ1) is 5.79. The van der Waals surface area contributed by atoms with Gasteiger partial charge in [0.1, 0.15) is 0 Å². The van der Waals surface area contributed by atoms with Gasteiger partial charge in [0.25, 0.3) is 0 Å². The SMILES string of the molecule is N[C@@H]1CCC(=O)N2CCCC[C@@H]12. The van der Waals surface area contributed by atoms with E-state index in [4.69, 9.17) is 5.73 Å². The van der Waals surface area contributed by atoms with Gasteiger partial charge in [-0.25, -0.2) is 0 Å². The van der Waals surface area contributed by atoms with E-state index in [0.717, 1.165) is 25.8 Å². The second-order valence-electron chi connectivity index (χ2n) is 3.85. The number of nitrogens with two attached hydrogens (primary N) is 1. The van der Waals surface area contributed by atoms with E-state index in [2.05, 4.69) is 0 Å². The number of fused-ring (bicyclic) bond motifs is 1. The summed E-state index contributed by atoms with van der Waals surface area (Å²) in [5.41, 5.74) is 5.96. The van der Waals surface area contributed by atoms with Crippen molar-refractivity contribution in [2.75, 3.05) is 6.54 Å². The van der Waals surface area contributed by atoms with Crippen molar-refractivity contribution in [1.82, 2.24) is 4.90 Å². The van der Waals surface area contributed by atoms with Crippen LogP contribution in [0.1, 0.15) is 32.1 Å². The van der Waals surface area contributed by atoms with Crippen molar-refractivity contribution in [2.45, 2.75) is 44.2 Å². The Morgan fingerprint density at radius 2 is 2.17 bits per heavy atom. The summed E-state index contributed by atoms with van der Waals surface area (Å²) in [6.45, 7) is 0.942. The molecule has 2 aliphatic heterocycles. The molecule has 0 saturated carbocycles. The van der Waals surface area contributed by atoms with Crippen LogP contribution in [0.3, 0.4) is 0 Å². The van der Waals surface area contributed by atoms with Crippen molar-refractivity contribution < 1.29 is 4.79 Å². The zero-order chi connectivity index (χ0) is 8.55. The molecule has 2 heterocycles. The summed E-state index contributed by atoms with van der Waals surface area (Å²) in [7, 11) is 0. The van der Waals surface area contributed by atoms with Crippen LogP contribution in [0.4, 0.5) is 0 Å². The van der Waals surface area contributed by atoms with Crippen LogP contribution in [-0.4, -0.2) is 29.4 Å². The summed E-state index contributed by atoms with van der Waals surface area (Å²) >= 11 is 0. The minimum atomic E-state index is 0.239. The molecule has 0 aromatic heterocycles. The Hall–Kier alpha value is -0.570. The van der Waals surface area contributed by atoms with Crippen LogP contribution < -0.4 is 5.73 Å². The van der Waals surface area contributed by atoms with Crippen molar-refractivity contribution >= 4 is 5.91 Å². The number of piperidine rings is 2. The van der Waals surface area contributed by atoms with E-state index >= 15 is 0 Å². The second kappa shape index (κ2) is 3.05. The van der Waals surface area contributed by atoms with E-state index < -0.39 is 0 Å². The van der Waals surface area contributed by atoms with Gasteiger partial charge in [-0.15, -0.1) is 0 Å². The van der Waals surface area contributed by atoms with Crippen LogP contribution in [0, 0.1) is 0 Å². The molecule has 0 aromatic carbocycles. The number of hydrogen-bond acceptors (Lipinski definition) is 2. The van der Waals surface area contributed by atoms with E-state index in [0.29, 0.717) is 18.4 Å². The fraction of sp³-hybridized carbons (Fsp3) is 0.889. The van der Waals surface area contributed by atoms with Crippen LogP contribution >= 0.6 is 0 Å². The van der Waals surface area contributed by atoms with Crippen LogP contribution in [0.25, 0.3) is 0 Å². The minimum absolute atomic E-state index is 0.239. The zero-order valence-electron chi connectivity index (χ0n) is 7.33. The lowest BCUT2D eigenvalue weighted by Crippen LogP contribution is -2.56. The van der Waals surface area contributed by atoms with Gasteiger partial charge in [0.05, 0.1) is 0 Å². The first-order valence-electron chi connectivity index (χ1n) is 4.84. The van der Waals surface area contributed by atoms with Gasteiger partial charge in [-0.3, -0.25) is 4.79 Å². The summed E-state index contributed by atoms with van der Waals surface area (Å²) in [6.07, 6.45) is 5.07. The lowest BCUT2D eigenvalue weighted by molar-refractivity contribution is -0.138. The molecule has 2 N–H and O–H groups in total. The van der Waals surface area contributed by atoms with Gasteiger partial charge in [0.15, 0.2) is 0 Å². The number of hydrogen-bond donors (Lipinski definition) is 1. The molecule has 2 fully saturated rings. The Labute approximate surface area is 72.9 Å². The monoisotopic (exact) mass is 168 g/mol. The predicted molar refractivity (Wildman–Crippen MR) is 46.6 cm³/mol. The third-order valence-corrected chi connectivity index (χ3v) is 3.06. The third kappa shape index (κ3) is 1.22. The van der Waals surface area contributed by atoms with Crippen LogP contribution in [0.2, 0.25) is 0 Å². The molecule has 0 spiro atoms. The first kappa shape index (κ1) is 8.05. The molecular weight excluding hydrogens is 152 g/mol. The molecule has 12 heavy (non-hydrogen) atoms. The lowest BCUT2D eigenvalue weighted by Gasteiger charge is -2.42. The van der Waals surface area contributed by atoms with Gasteiger partial charge in [-0.05, 0) is 25.7 Å². The molecule has 0 aromatic rings. The topological polar surface area (TPSA) is 46.3 Å². The fourth-order valence-electron chi connectivity index (χ4n) is 2.34. The first-order valence-corrected chi connectivity index (χ1v) is 4.84. The summed E-state index contributed by atoms with van der Waals surface area (Å²) in [4.78, 5) is 13.4. The lowest BCUT2D eigenvalue weighted by atomic mass is 9.89. The average molecular weight is 168 g/mol. The Morgan fingerprint density at radius 1 is 1.33 bits per heavy atom.